The molecule has 6 nitrogen and oxygen atoms in total. The van der Waals surface area contributed by atoms with Crippen molar-refractivity contribution in [2.75, 3.05) is 13.2 Å². The molecule has 0 bridgehead atoms. The van der Waals surface area contributed by atoms with Crippen LogP contribution in [0.25, 0.3) is 10.7 Å². The van der Waals surface area contributed by atoms with Gasteiger partial charge in [-0.3, -0.25) is 9.69 Å². The summed E-state index contributed by atoms with van der Waals surface area (Å²) in [7, 11) is 0. The maximum absolute atomic E-state index is 12.4. The fraction of sp³-hybridized carbons (Fsp3) is 0.300. The van der Waals surface area contributed by atoms with Crippen LogP contribution in [0.15, 0.2) is 40.5 Å². The predicted octanol–water partition coefficient (Wildman–Crippen LogP) is 3.16. The van der Waals surface area contributed by atoms with Crippen LogP contribution < -0.4 is 10.3 Å². The Hall–Kier alpha value is -2.64. The second-order valence-corrected chi connectivity index (χ2v) is 7.46. The molecule has 0 aliphatic carbocycles. The Balaban J connectivity index is 1.56. The Morgan fingerprint density at radius 3 is 3.04 bits per heavy atom. The highest BCUT2D eigenvalue weighted by atomic mass is 32.1. The van der Waals surface area contributed by atoms with Crippen LogP contribution in [0, 0.1) is 0 Å². The number of benzene rings is 1. The summed E-state index contributed by atoms with van der Waals surface area (Å²) in [5.41, 5.74) is 2.65. The topological polar surface area (TPSA) is 78.5 Å². The quantitative estimate of drug-likeness (QED) is 0.708. The first-order valence-corrected chi connectivity index (χ1v) is 9.85. The Morgan fingerprint density at radius 1 is 1.37 bits per heavy atom. The van der Waals surface area contributed by atoms with E-state index >= 15 is 0 Å². The second kappa shape index (κ2) is 7.54. The van der Waals surface area contributed by atoms with Crippen molar-refractivity contribution in [1.82, 2.24) is 14.9 Å². The molecule has 0 saturated carbocycles. The summed E-state index contributed by atoms with van der Waals surface area (Å²) in [6.45, 7) is 4.53. The summed E-state index contributed by atoms with van der Waals surface area (Å²) >= 11 is 1.56. The molecule has 140 valence electrons. The number of H-pyrrole nitrogens is 1. The zero-order valence-electron chi connectivity index (χ0n) is 15.1. The SMILES string of the molecule is CCOc1cc(CN2CCc3c(nc(-c4cccs4)[nH]c3=O)C2)ccc1O. The minimum Gasteiger partial charge on any atom is -0.504 e. The van der Waals surface area contributed by atoms with E-state index in [0.717, 1.165) is 28.2 Å². The second-order valence-electron chi connectivity index (χ2n) is 6.51. The van der Waals surface area contributed by atoms with Gasteiger partial charge in [0.15, 0.2) is 17.3 Å². The number of thiophene rings is 1. The van der Waals surface area contributed by atoms with E-state index in [1.54, 1.807) is 17.4 Å². The van der Waals surface area contributed by atoms with Gasteiger partial charge < -0.3 is 14.8 Å². The van der Waals surface area contributed by atoms with Gasteiger partial charge in [-0.1, -0.05) is 12.1 Å². The van der Waals surface area contributed by atoms with Gasteiger partial charge in [0.05, 0.1) is 17.2 Å². The van der Waals surface area contributed by atoms with Gasteiger partial charge in [-0.15, -0.1) is 11.3 Å². The highest BCUT2D eigenvalue weighted by Crippen LogP contribution is 2.28. The van der Waals surface area contributed by atoms with Crippen LogP contribution in [0.4, 0.5) is 0 Å². The normalized spacial score (nSPS) is 14.1. The summed E-state index contributed by atoms with van der Waals surface area (Å²) in [5.74, 6) is 1.29. The molecule has 0 spiro atoms. The van der Waals surface area contributed by atoms with Crippen LogP contribution in [0.2, 0.25) is 0 Å². The molecule has 0 atom stereocenters. The van der Waals surface area contributed by atoms with Gasteiger partial charge in [0, 0.05) is 25.2 Å². The first-order chi connectivity index (χ1) is 13.1. The first-order valence-electron chi connectivity index (χ1n) is 8.97. The van der Waals surface area contributed by atoms with Crippen molar-refractivity contribution < 1.29 is 9.84 Å². The van der Waals surface area contributed by atoms with Gasteiger partial charge in [-0.2, -0.15) is 0 Å². The number of hydrogen-bond acceptors (Lipinski definition) is 6. The van der Waals surface area contributed by atoms with Crippen LogP contribution in [0.1, 0.15) is 23.7 Å². The third-order valence-electron chi connectivity index (χ3n) is 4.64. The first kappa shape index (κ1) is 17.8. The molecule has 4 rings (SSSR count). The molecular weight excluding hydrogens is 362 g/mol. The van der Waals surface area contributed by atoms with Gasteiger partial charge in [-0.25, -0.2) is 4.98 Å². The van der Waals surface area contributed by atoms with E-state index in [0.29, 0.717) is 37.7 Å². The molecule has 0 radical (unpaired) electrons. The molecule has 2 N–H and O–H groups in total. The number of hydrogen-bond donors (Lipinski definition) is 2. The summed E-state index contributed by atoms with van der Waals surface area (Å²) in [6, 6.07) is 9.34. The molecule has 0 saturated heterocycles. The standard InChI is InChI=1S/C20H21N3O3S/c1-2-26-17-10-13(5-6-16(17)24)11-23-8-7-14-15(12-23)21-19(22-20(14)25)18-4-3-9-27-18/h3-6,9-10,24H,2,7-8,11-12H2,1H3,(H,21,22,25). The zero-order valence-corrected chi connectivity index (χ0v) is 15.9. The summed E-state index contributed by atoms with van der Waals surface area (Å²) in [5, 5.41) is 11.8. The number of ether oxygens (including phenoxy) is 1. The fourth-order valence-corrected chi connectivity index (χ4v) is 4.01. The van der Waals surface area contributed by atoms with E-state index in [2.05, 4.69) is 9.88 Å². The molecule has 1 aliphatic rings. The number of nitrogens with zero attached hydrogens (tertiary/aromatic N) is 2. The van der Waals surface area contributed by atoms with Crippen LogP contribution >= 0.6 is 11.3 Å². The van der Waals surface area contributed by atoms with Crippen LogP contribution in [0.3, 0.4) is 0 Å². The van der Waals surface area contributed by atoms with Crippen molar-refractivity contribution >= 4 is 11.3 Å². The minimum atomic E-state index is -0.0358. The number of aromatic nitrogens is 2. The lowest BCUT2D eigenvalue weighted by Gasteiger charge is -2.27. The molecule has 0 fully saturated rings. The number of aromatic hydroxyl groups is 1. The lowest BCUT2D eigenvalue weighted by molar-refractivity contribution is 0.239. The number of aromatic amines is 1. The molecule has 27 heavy (non-hydrogen) atoms. The molecule has 0 amide bonds. The Bertz CT molecular complexity index is 998. The monoisotopic (exact) mass is 383 g/mol. The Kier molecular flexibility index (Phi) is 4.96. The highest BCUT2D eigenvalue weighted by molar-refractivity contribution is 7.13. The van der Waals surface area contributed by atoms with Crippen molar-refractivity contribution in [3.63, 3.8) is 0 Å². The summed E-state index contributed by atoms with van der Waals surface area (Å²) in [6.07, 6.45) is 0.679. The molecule has 7 heteroatoms. The van der Waals surface area contributed by atoms with Crippen molar-refractivity contribution in [1.29, 1.82) is 0 Å². The highest BCUT2D eigenvalue weighted by Gasteiger charge is 2.22. The number of phenols is 1. The van der Waals surface area contributed by atoms with Gasteiger partial charge in [0.2, 0.25) is 0 Å². The average molecular weight is 383 g/mol. The zero-order chi connectivity index (χ0) is 18.8. The van der Waals surface area contributed by atoms with Crippen LogP contribution in [-0.4, -0.2) is 33.1 Å². The minimum absolute atomic E-state index is 0.0358. The van der Waals surface area contributed by atoms with Gasteiger partial charge in [0.1, 0.15) is 0 Å². The van der Waals surface area contributed by atoms with E-state index in [4.69, 9.17) is 9.72 Å². The van der Waals surface area contributed by atoms with Gasteiger partial charge >= 0.3 is 0 Å². The molecular formula is C20H21N3O3S. The van der Waals surface area contributed by atoms with E-state index in [1.807, 2.05) is 36.6 Å². The molecule has 1 aliphatic heterocycles. The van der Waals surface area contributed by atoms with Gasteiger partial charge in [0.25, 0.3) is 5.56 Å². The number of nitrogens with one attached hydrogen (secondary N) is 1. The maximum Gasteiger partial charge on any atom is 0.254 e. The Labute approximate surface area is 161 Å². The van der Waals surface area contributed by atoms with Crippen molar-refractivity contribution in [3.8, 4) is 22.2 Å². The maximum atomic E-state index is 12.4. The number of phenolic OH excluding ortho intramolecular Hbond substituents is 1. The van der Waals surface area contributed by atoms with Crippen molar-refractivity contribution in [2.24, 2.45) is 0 Å². The largest absolute Gasteiger partial charge is 0.504 e. The third-order valence-corrected chi connectivity index (χ3v) is 5.51. The van der Waals surface area contributed by atoms with Gasteiger partial charge in [-0.05, 0) is 42.5 Å². The number of fused-ring (bicyclic) bond motifs is 1. The fourth-order valence-electron chi connectivity index (χ4n) is 3.34. The lowest BCUT2D eigenvalue weighted by atomic mass is 10.1. The average Bonchev–Trinajstić information content (AvgIpc) is 3.19. The molecule has 3 aromatic rings. The number of rotatable bonds is 5. The van der Waals surface area contributed by atoms with Crippen LogP contribution in [-0.2, 0) is 19.5 Å². The van der Waals surface area contributed by atoms with E-state index in [-0.39, 0.29) is 11.3 Å². The lowest BCUT2D eigenvalue weighted by Crippen LogP contribution is -2.35. The summed E-state index contributed by atoms with van der Waals surface area (Å²) in [4.78, 5) is 23.3. The third kappa shape index (κ3) is 3.74. The molecule has 1 aromatic carbocycles. The van der Waals surface area contributed by atoms with E-state index in [1.165, 1.54) is 0 Å². The van der Waals surface area contributed by atoms with Crippen molar-refractivity contribution in [3.05, 3.63) is 62.9 Å². The smallest absolute Gasteiger partial charge is 0.254 e. The van der Waals surface area contributed by atoms with E-state index in [9.17, 15) is 9.90 Å². The molecule has 3 heterocycles. The molecule has 2 aromatic heterocycles. The van der Waals surface area contributed by atoms with E-state index < -0.39 is 0 Å². The van der Waals surface area contributed by atoms with Crippen molar-refractivity contribution in [2.45, 2.75) is 26.4 Å². The van der Waals surface area contributed by atoms with Crippen LogP contribution in [0.5, 0.6) is 11.5 Å². The molecule has 0 unspecified atom stereocenters. The predicted molar refractivity (Wildman–Crippen MR) is 105 cm³/mol. The summed E-state index contributed by atoms with van der Waals surface area (Å²) < 4.78 is 5.47. The Morgan fingerprint density at radius 2 is 2.26 bits per heavy atom.